The lowest BCUT2D eigenvalue weighted by Gasteiger charge is -2.10. The zero-order valence-electron chi connectivity index (χ0n) is 11.9. The van der Waals surface area contributed by atoms with Gasteiger partial charge in [-0.15, -0.1) is 0 Å². The van der Waals surface area contributed by atoms with Crippen molar-refractivity contribution in [2.45, 2.75) is 25.2 Å². The van der Waals surface area contributed by atoms with Crippen molar-refractivity contribution in [3.8, 4) is 17.4 Å². The molecule has 6 nitrogen and oxygen atoms in total. The minimum absolute atomic E-state index is 0.0177. The molecule has 1 aromatic carbocycles. The smallest absolute Gasteiger partial charge is 0.272 e. The first-order valence-corrected chi connectivity index (χ1v) is 7.09. The minimum atomic E-state index is -0.446. The minimum Gasteiger partial charge on any atom is -0.494 e. The molecule has 0 saturated carbocycles. The molecule has 0 saturated heterocycles. The molecule has 2 N–H and O–H groups in total. The molecule has 0 fully saturated rings. The zero-order chi connectivity index (χ0) is 15.6. The highest BCUT2D eigenvalue weighted by atomic mass is 16.6. The summed E-state index contributed by atoms with van der Waals surface area (Å²) in [5, 5.41) is 31.9. The van der Waals surface area contributed by atoms with E-state index < -0.39 is 4.92 Å². The number of benzene rings is 1. The predicted molar refractivity (Wildman–Crippen MR) is 79.7 cm³/mol. The second-order valence-electron chi connectivity index (χ2n) is 5.87. The van der Waals surface area contributed by atoms with Gasteiger partial charge in [0.25, 0.3) is 5.69 Å². The summed E-state index contributed by atoms with van der Waals surface area (Å²) in [4.78, 5) is 10.5. The maximum Gasteiger partial charge on any atom is 0.272 e. The van der Waals surface area contributed by atoms with Crippen LogP contribution in [0.5, 0.6) is 11.8 Å². The van der Waals surface area contributed by atoms with E-state index in [4.69, 9.17) is 0 Å². The molecule has 2 aliphatic carbocycles. The summed E-state index contributed by atoms with van der Waals surface area (Å²) in [6.45, 7) is 1.64. The van der Waals surface area contributed by atoms with Crippen LogP contribution >= 0.6 is 0 Å². The van der Waals surface area contributed by atoms with Crippen LogP contribution in [0.25, 0.3) is 5.69 Å². The molecule has 1 heterocycles. The molecule has 2 bridgehead atoms. The first-order valence-electron chi connectivity index (χ1n) is 7.09. The number of aromatic nitrogens is 1. The van der Waals surface area contributed by atoms with E-state index in [9.17, 15) is 20.3 Å². The number of fused-ring (bicyclic) bond motifs is 5. The van der Waals surface area contributed by atoms with E-state index in [1.165, 1.54) is 16.7 Å². The number of nitro benzene ring substituents is 1. The van der Waals surface area contributed by atoms with Gasteiger partial charge < -0.3 is 10.2 Å². The lowest BCUT2D eigenvalue weighted by atomic mass is 10.0. The molecule has 0 unspecified atom stereocenters. The van der Waals surface area contributed by atoms with Crippen LogP contribution in [-0.4, -0.2) is 19.7 Å². The first-order chi connectivity index (χ1) is 10.5. The van der Waals surface area contributed by atoms with Gasteiger partial charge in [-0.05, 0) is 25.5 Å². The van der Waals surface area contributed by atoms with Crippen LogP contribution < -0.4 is 0 Å². The molecule has 6 heteroatoms. The Morgan fingerprint density at radius 3 is 2.27 bits per heavy atom. The lowest BCUT2D eigenvalue weighted by Crippen LogP contribution is -1.98. The normalized spacial score (nSPS) is 21.3. The summed E-state index contributed by atoms with van der Waals surface area (Å²) >= 11 is 0. The van der Waals surface area contributed by atoms with Crippen LogP contribution in [-0.2, 0) is 0 Å². The summed E-state index contributed by atoms with van der Waals surface area (Å²) in [6.07, 6.45) is 5.00. The average molecular weight is 298 g/mol. The van der Waals surface area contributed by atoms with Crippen molar-refractivity contribution >= 4 is 5.69 Å². The number of aromatic hydroxyl groups is 2. The van der Waals surface area contributed by atoms with Crippen molar-refractivity contribution in [1.82, 2.24) is 4.57 Å². The Labute approximate surface area is 126 Å². The molecular formula is C16H14N2O4. The van der Waals surface area contributed by atoms with Gasteiger partial charge in [-0.2, -0.15) is 0 Å². The molecular weight excluding hydrogens is 284 g/mol. The molecule has 1 aromatic heterocycles. The Hall–Kier alpha value is -2.76. The van der Waals surface area contributed by atoms with Crippen LogP contribution in [0.15, 0.2) is 30.4 Å². The van der Waals surface area contributed by atoms with E-state index >= 15 is 0 Å². The highest BCUT2D eigenvalue weighted by Gasteiger charge is 2.41. The summed E-state index contributed by atoms with van der Waals surface area (Å²) in [5.41, 5.74) is 2.58. The summed E-state index contributed by atoms with van der Waals surface area (Å²) in [5.74, 6) is 0.341. The number of aryl methyl sites for hydroxylation is 1. The van der Waals surface area contributed by atoms with Crippen LogP contribution in [0, 0.1) is 17.0 Å². The van der Waals surface area contributed by atoms with Crippen molar-refractivity contribution in [2.75, 3.05) is 0 Å². The molecule has 0 spiro atoms. The average Bonchev–Trinajstić information content (AvgIpc) is 3.12. The van der Waals surface area contributed by atoms with Gasteiger partial charge in [-0.1, -0.05) is 12.2 Å². The fourth-order valence-electron chi connectivity index (χ4n) is 3.67. The van der Waals surface area contributed by atoms with Gasteiger partial charge in [0.2, 0.25) is 11.8 Å². The lowest BCUT2D eigenvalue weighted by molar-refractivity contribution is -0.385. The van der Waals surface area contributed by atoms with E-state index in [1.54, 1.807) is 13.0 Å². The Morgan fingerprint density at radius 2 is 1.77 bits per heavy atom. The third-order valence-corrected chi connectivity index (χ3v) is 4.66. The van der Waals surface area contributed by atoms with Crippen LogP contribution in [0.2, 0.25) is 0 Å². The van der Waals surface area contributed by atoms with Crippen LogP contribution in [0.4, 0.5) is 5.69 Å². The van der Waals surface area contributed by atoms with Gasteiger partial charge in [0, 0.05) is 34.6 Å². The predicted octanol–water partition coefficient (Wildman–Crippen LogP) is 3.25. The van der Waals surface area contributed by atoms with E-state index in [1.807, 2.05) is 0 Å². The molecule has 0 amide bonds. The van der Waals surface area contributed by atoms with E-state index in [0.717, 1.165) is 17.5 Å². The number of rotatable bonds is 2. The van der Waals surface area contributed by atoms with Crippen molar-refractivity contribution in [3.63, 3.8) is 0 Å². The first kappa shape index (κ1) is 12.9. The number of nitro groups is 1. The highest BCUT2D eigenvalue weighted by molar-refractivity contribution is 5.63. The van der Waals surface area contributed by atoms with Crippen LogP contribution in [0.1, 0.15) is 34.9 Å². The molecule has 2 aliphatic rings. The molecule has 22 heavy (non-hydrogen) atoms. The standard InChI is InChI=1S/C16H14N2O4/c1-8-6-11(4-5-12(8)18(21)22)17-15(19)13-9-2-3-10(7-9)14(13)16(17)20/h2-6,9-10,19-20H,7H2,1H3/t9-,10+. The summed E-state index contributed by atoms with van der Waals surface area (Å²) in [7, 11) is 0. The van der Waals surface area contributed by atoms with Crippen molar-refractivity contribution < 1.29 is 15.1 Å². The van der Waals surface area contributed by atoms with E-state index in [0.29, 0.717) is 11.3 Å². The van der Waals surface area contributed by atoms with Gasteiger partial charge in [0.15, 0.2) is 0 Å². The van der Waals surface area contributed by atoms with Crippen molar-refractivity contribution in [1.29, 1.82) is 0 Å². The summed E-state index contributed by atoms with van der Waals surface area (Å²) < 4.78 is 1.37. The van der Waals surface area contributed by atoms with Gasteiger partial charge in [-0.3, -0.25) is 14.7 Å². The van der Waals surface area contributed by atoms with Gasteiger partial charge >= 0.3 is 0 Å². The SMILES string of the molecule is Cc1cc(-n2c(O)c3c(c2O)[C@H]2C=C[C@@H]3C2)ccc1[N+](=O)[O-]. The quantitative estimate of drug-likeness (QED) is 0.506. The number of hydrogen-bond donors (Lipinski definition) is 2. The Bertz CT molecular complexity index is 815. The van der Waals surface area contributed by atoms with Crippen molar-refractivity contribution in [2.24, 2.45) is 0 Å². The maximum atomic E-state index is 10.9. The molecule has 2 aromatic rings. The fourth-order valence-corrected chi connectivity index (χ4v) is 3.67. The van der Waals surface area contributed by atoms with E-state index in [2.05, 4.69) is 12.2 Å². The van der Waals surface area contributed by atoms with Gasteiger partial charge in [0.1, 0.15) is 0 Å². The van der Waals surface area contributed by atoms with Gasteiger partial charge in [0.05, 0.1) is 10.6 Å². The fraction of sp³-hybridized carbons (Fsp3) is 0.250. The largest absolute Gasteiger partial charge is 0.494 e. The molecule has 112 valence electrons. The number of nitrogens with zero attached hydrogens (tertiary/aromatic N) is 2. The van der Waals surface area contributed by atoms with Crippen molar-refractivity contribution in [3.05, 3.63) is 57.2 Å². The molecule has 4 rings (SSSR count). The maximum absolute atomic E-state index is 10.9. The third-order valence-electron chi connectivity index (χ3n) is 4.66. The highest BCUT2D eigenvalue weighted by Crippen LogP contribution is 2.57. The molecule has 0 aliphatic heterocycles. The van der Waals surface area contributed by atoms with E-state index in [-0.39, 0.29) is 29.3 Å². The Kier molecular flexibility index (Phi) is 2.43. The van der Waals surface area contributed by atoms with Crippen LogP contribution in [0.3, 0.4) is 0 Å². The third kappa shape index (κ3) is 1.49. The molecule has 0 radical (unpaired) electrons. The molecule has 2 atom stereocenters. The zero-order valence-corrected chi connectivity index (χ0v) is 11.9. The second-order valence-corrected chi connectivity index (χ2v) is 5.87. The monoisotopic (exact) mass is 298 g/mol. The van der Waals surface area contributed by atoms with Gasteiger partial charge in [-0.25, -0.2) is 0 Å². The Morgan fingerprint density at radius 1 is 1.18 bits per heavy atom. The topological polar surface area (TPSA) is 88.5 Å². The second kappa shape index (κ2) is 4.13. The number of allylic oxidation sites excluding steroid dienone is 2. The Balaban J connectivity index is 1.89. The summed E-state index contributed by atoms with van der Waals surface area (Å²) in [6, 6.07) is 4.53. The number of hydrogen-bond acceptors (Lipinski definition) is 4.